The number of carboxylic acids is 1. The SMILES string of the molecule is CCCSc1nc([C@@]2(CC(=O)O)CCNC2)ccc1C(=O)NC1C2CC3CC(C2)CC1C3. The summed E-state index contributed by atoms with van der Waals surface area (Å²) in [5.41, 5.74) is 0.955. The van der Waals surface area contributed by atoms with Crippen LogP contribution in [0.2, 0.25) is 0 Å². The number of aromatic nitrogens is 1. The number of carboxylic acid groups (broad SMARTS) is 1. The van der Waals surface area contributed by atoms with Crippen molar-refractivity contribution in [2.75, 3.05) is 18.8 Å². The van der Waals surface area contributed by atoms with Gasteiger partial charge in [0, 0.05) is 23.7 Å². The summed E-state index contributed by atoms with van der Waals surface area (Å²) in [7, 11) is 0. The molecule has 1 atom stereocenters. The third-order valence-corrected chi connectivity index (χ3v) is 9.55. The summed E-state index contributed by atoms with van der Waals surface area (Å²) < 4.78 is 0. The smallest absolute Gasteiger partial charge is 0.304 e. The first-order valence-electron chi connectivity index (χ1n) is 12.3. The zero-order valence-corrected chi connectivity index (χ0v) is 19.8. The molecule has 4 aliphatic carbocycles. The minimum Gasteiger partial charge on any atom is -0.481 e. The zero-order chi connectivity index (χ0) is 22.3. The fraction of sp³-hybridized carbons (Fsp3) is 0.720. The highest BCUT2D eigenvalue weighted by Gasteiger charge is 2.48. The normalized spacial score (nSPS) is 35.2. The summed E-state index contributed by atoms with van der Waals surface area (Å²) in [6.07, 6.45) is 8.32. The lowest BCUT2D eigenvalue weighted by atomic mass is 9.54. The number of thioether (sulfide) groups is 1. The van der Waals surface area contributed by atoms with Gasteiger partial charge in [-0.15, -0.1) is 11.8 Å². The monoisotopic (exact) mass is 457 g/mol. The molecular weight excluding hydrogens is 422 g/mol. The van der Waals surface area contributed by atoms with Crippen molar-refractivity contribution < 1.29 is 14.7 Å². The first kappa shape index (κ1) is 22.2. The van der Waals surface area contributed by atoms with Crippen LogP contribution in [-0.4, -0.2) is 46.9 Å². The van der Waals surface area contributed by atoms with Crippen molar-refractivity contribution in [2.24, 2.45) is 23.7 Å². The van der Waals surface area contributed by atoms with Crippen LogP contribution in [0, 0.1) is 23.7 Å². The molecule has 1 aliphatic heterocycles. The molecule has 4 bridgehead atoms. The Kier molecular flexibility index (Phi) is 6.23. The summed E-state index contributed by atoms with van der Waals surface area (Å²) >= 11 is 1.62. The molecule has 7 heteroatoms. The van der Waals surface area contributed by atoms with Gasteiger partial charge in [0.15, 0.2) is 0 Å². The van der Waals surface area contributed by atoms with Crippen molar-refractivity contribution in [3.8, 4) is 0 Å². The van der Waals surface area contributed by atoms with E-state index >= 15 is 0 Å². The van der Waals surface area contributed by atoms with Gasteiger partial charge < -0.3 is 15.7 Å². The minimum atomic E-state index is -0.804. The quantitative estimate of drug-likeness (QED) is 0.514. The van der Waals surface area contributed by atoms with E-state index in [1.807, 2.05) is 12.1 Å². The predicted octanol–water partition coefficient (Wildman–Crippen LogP) is 3.84. The molecule has 0 radical (unpaired) electrons. The van der Waals surface area contributed by atoms with E-state index in [0.717, 1.165) is 47.7 Å². The van der Waals surface area contributed by atoms with E-state index in [9.17, 15) is 14.7 Å². The molecule has 1 aromatic rings. The Morgan fingerprint density at radius 2 is 1.91 bits per heavy atom. The second-order valence-electron chi connectivity index (χ2n) is 10.6. The van der Waals surface area contributed by atoms with Crippen molar-refractivity contribution >= 4 is 23.6 Å². The van der Waals surface area contributed by atoms with E-state index in [0.29, 0.717) is 30.0 Å². The van der Waals surface area contributed by atoms with Gasteiger partial charge in [-0.25, -0.2) is 4.98 Å². The molecule has 5 fully saturated rings. The lowest BCUT2D eigenvalue weighted by Gasteiger charge is -2.54. The zero-order valence-electron chi connectivity index (χ0n) is 18.9. The number of hydrogen-bond acceptors (Lipinski definition) is 5. The van der Waals surface area contributed by atoms with Crippen LogP contribution in [0.3, 0.4) is 0 Å². The highest BCUT2D eigenvalue weighted by molar-refractivity contribution is 7.99. The number of carbonyl (C=O) groups excluding carboxylic acids is 1. The Bertz CT molecular complexity index is 855. The Balaban J connectivity index is 1.39. The molecule has 3 N–H and O–H groups in total. The fourth-order valence-corrected chi connectivity index (χ4v) is 7.98. The Morgan fingerprint density at radius 1 is 1.19 bits per heavy atom. The summed E-state index contributed by atoms with van der Waals surface area (Å²) in [5, 5.41) is 17.0. The predicted molar refractivity (Wildman–Crippen MR) is 125 cm³/mol. The number of nitrogens with one attached hydrogen (secondary N) is 2. The van der Waals surface area contributed by atoms with Crippen LogP contribution in [0.5, 0.6) is 0 Å². The molecule has 5 aliphatic rings. The van der Waals surface area contributed by atoms with Gasteiger partial charge in [0.2, 0.25) is 0 Å². The topological polar surface area (TPSA) is 91.3 Å². The molecule has 0 spiro atoms. The number of aliphatic carboxylic acids is 1. The number of amides is 1. The van der Waals surface area contributed by atoms with Crippen molar-refractivity contribution in [3.63, 3.8) is 0 Å². The van der Waals surface area contributed by atoms with Gasteiger partial charge in [-0.3, -0.25) is 9.59 Å². The van der Waals surface area contributed by atoms with E-state index < -0.39 is 11.4 Å². The molecule has 0 unspecified atom stereocenters. The largest absolute Gasteiger partial charge is 0.481 e. The fourth-order valence-electron chi connectivity index (χ4n) is 7.10. The number of pyridine rings is 1. The van der Waals surface area contributed by atoms with E-state index in [1.54, 1.807) is 11.8 Å². The van der Waals surface area contributed by atoms with Crippen LogP contribution in [0.25, 0.3) is 0 Å². The second-order valence-corrected chi connectivity index (χ2v) is 11.7. The number of nitrogens with zero attached hydrogens (tertiary/aromatic N) is 1. The Morgan fingerprint density at radius 3 is 2.50 bits per heavy atom. The standard InChI is InChI=1S/C25H35N3O3S/c1-2-7-32-24-19(3-4-20(27-24)25(13-21(29)30)5-6-26-14-25)23(31)28-22-17-9-15-8-16(11-17)12-18(22)10-15/h3-4,15-18,22,26H,2,5-14H2,1H3,(H,28,31)(H,29,30)/t15?,16?,17?,18?,22?,25-/m1/s1. The van der Waals surface area contributed by atoms with Crippen LogP contribution >= 0.6 is 11.8 Å². The lowest BCUT2D eigenvalue weighted by molar-refractivity contribution is -0.138. The number of carbonyl (C=O) groups is 2. The molecule has 1 aromatic heterocycles. The van der Waals surface area contributed by atoms with Crippen molar-refractivity contribution in [1.29, 1.82) is 0 Å². The van der Waals surface area contributed by atoms with Gasteiger partial charge in [0.25, 0.3) is 5.91 Å². The number of hydrogen-bond donors (Lipinski definition) is 3. The van der Waals surface area contributed by atoms with Crippen molar-refractivity contribution in [3.05, 3.63) is 23.4 Å². The van der Waals surface area contributed by atoms with Crippen LogP contribution in [0.15, 0.2) is 17.2 Å². The van der Waals surface area contributed by atoms with Crippen LogP contribution in [0.4, 0.5) is 0 Å². The maximum Gasteiger partial charge on any atom is 0.304 e. The Labute approximate surface area is 194 Å². The second kappa shape index (κ2) is 8.98. The summed E-state index contributed by atoms with van der Waals surface area (Å²) in [6, 6.07) is 4.10. The third-order valence-electron chi connectivity index (χ3n) is 8.35. The molecule has 32 heavy (non-hydrogen) atoms. The van der Waals surface area contributed by atoms with Gasteiger partial charge in [-0.2, -0.15) is 0 Å². The van der Waals surface area contributed by atoms with E-state index in [1.165, 1.54) is 32.1 Å². The molecule has 0 aromatic carbocycles. The van der Waals surface area contributed by atoms with Crippen LogP contribution in [0.1, 0.15) is 74.3 Å². The van der Waals surface area contributed by atoms with E-state index in [-0.39, 0.29) is 12.3 Å². The van der Waals surface area contributed by atoms with Gasteiger partial charge in [-0.05, 0) is 93.0 Å². The van der Waals surface area contributed by atoms with Gasteiger partial charge >= 0.3 is 5.97 Å². The van der Waals surface area contributed by atoms with Crippen LogP contribution in [-0.2, 0) is 10.2 Å². The molecule has 4 saturated carbocycles. The average molecular weight is 458 g/mol. The maximum absolute atomic E-state index is 13.4. The van der Waals surface area contributed by atoms with E-state index in [4.69, 9.17) is 4.98 Å². The van der Waals surface area contributed by atoms with Gasteiger partial charge in [0.05, 0.1) is 12.0 Å². The lowest BCUT2D eigenvalue weighted by Crippen LogP contribution is -2.55. The highest BCUT2D eigenvalue weighted by atomic mass is 32.2. The molecule has 6 nitrogen and oxygen atoms in total. The average Bonchev–Trinajstić information content (AvgIpc) is 3.23. The van der Waals surface area contributed by atoms with E-state index in [2.05, 4.69) is 17.6 Å². The molecule has 174 valence electrons. The first-order chi connectivity index (χ1) is 15.5. The maximum atomic E-state index is 13.4. The molecule has 6 rings (SSSR count). The van der Waals surface area contributed by atoms with Gasteiger partial charge in [0.1, 0.15) is 5.03 Å². The number of rotatable bonds is 8. The molecular formula is C25H35N3O3S. The van der Waals surface area contributed by atoms with Crippen LogP contribution < -0.4 is 10.6 Å². The van der Waals surface area contributed by atoms with Crippen molar-refractivity contribution in [1.82, 2.24) is 15.6 Å². The molecule has 2 heterocycles. The first-order valence-corrected chi connectivity index (χ1v) is 13.3. The third kappa shape index (κ3) is 4.18. The summed E-state index contributed by atoms with van der Waals surface area (Å²) in [4.78, 5) is 29.9. The minimum absolute atomic E-state index is 0.00282. The molecule has 1 saturated heterocycles. The summed E-state index contributed by atoms with van der Waals surface area (Å²) in [6.45, 7) is 3.53. The van der Waals surface area contributed by atoms with Gasteiger partial charge in [-0.1, -0.05) is 6.92 Å². The Hall–Kier alpha value is -1.60. The molecule has 1 amide bonds. The highest BCUT2D eigenvalue weighted by Crippen LogP contribution is 2.53. The summed E-state index contributed by atoms with van der Waals surface area (Å²) in [5.74, 6) is 3.12. The van der Waals surface area contributed by atoms with Crippen molar-refractivity contribution in [2.45, 2.75) is 74.8 Å².